The molecular formula is C19H33N3O5. The standard InChI is InChI=1S/C19H33N3O5/c23-13-17-16(21-18(24)12-22-8-10-26-11-9-22)5-4-15(27-17)6-7-20-19(25)14-2-1-3-14/h14-17,23H,1-13H2,(H,20,25)(H,21,24)/t15-,16+,17-/m0/s1. The Balaban J connectivity index is 1.35. The van der Waals surface area contributed by atoms with Gasteiger partial charge in [-0.15, -0.1) is 0 Å². The van der Waals surface area contributed by atoms with Crippen molar-refractivity contribution in [2.24, 2.45) is 5.92 Å². The molecule has 2 aliphatic heterocycles. The minimum atomic E-state index is -0.389. The first kappa shape index (κ1) is 20.5. The molecule has 27 heavy (non-hydrogen) atoms. The van der Waals surface area contributed by atoms with Gasteiger partial charge in [-0.3, -0.25) is 14.5 Å². The number of hydrogen-bond acceptors (Lipinski definition) is 6. The van der Waals surface area contributed by atoms with Crippen LogP contribution in [0.25, 0.3) is 0 Å². The molecule has 3 rings (SSSR count). The second-order valence-electron chi connectivity index (χ2n) is 7.83. The van der Waals surface area contributed by atoms with Crippen molar-refractivity contribution >= 4 is 11.8 Å². The molecule has 0 aromatic heterocycles. The van der Waals surface area contributed by atoms with Crippen LogP contribution >= 0.6 is 0 Å². The number of amides is 2. The van der Waals surface area contributed by atoms with Gasteiger partial charge >= 0.3 is 0 Å². The fourth-order valence-electron chi connectivity index (χ4n) is 3.90. The van der Waals surface area contributed by atoms with Crippen molar-refractivity contribution in [1.29, 1.82) is 0 Å². The van der Waals surface area contributed by atoms with Crippen molar-refractivity contribution in [3.63, 3.8) is 0 Å². The van der Waals surface area contributed by atoms with Crippen LogP contribution in [0.2, 0.25) is 0 Å². The predicted octanol–water partition coefficient (Wildman–Crippen LogP) is -0.350. The monoisotopic (exact) mass is 383 g/mol. The molecule has 2 amide bonds. The number of carbonyl (C=O) groups is 2. The van der Waals surface area contributed by atoms with E-state index in [-0.39, 0.29) is 42.6 Å². The Morgan fingerprint density at radius 1 is 1.11 bits per heavy atom. The predicted molar refractivity (Wildman–Crippen MR) is 99.1 cm³/mol. The lowest BCUT2D eigenvalue weighted by molar-refractivity contribution is -0.131. The molecule has 2 heterocycles. The minimum absolute atomic E-state index is 0.0104. The molecule has 0 aromatic rings. The molecule has 0 unspecified atom stereocenters. The number of rotatable bonds is 8. The third kappa shape index (κ3) is 6.14. The number of ether oxygens (including phenoxy) is 2. The fraction of sp³-hybridized carbons (Fsp3) is 0.895. The Kier molecular flexibility index (Phi) is 7.87. The van der Waals surface area contributed by atoms with Gasteiger partial charge in [-0.05, 0) is 32.1 Å². The van der Waals surface area contributed by atoms with Gasteiger partial charge in [0.25, 0.3) is 0 Å². The molecule has 3 fully saturated rings. The first-order chi connectivity index (χ1) is 13.2. The summed E-state index contributed by atoms with van der Waals surface area (Å²) < 4.78 is 11.3. The summed E-state index contributed by atoms with van der Waals surface area (Å²) in [5.41, 5.74) is 0. The van der Waals surface area contributed by atoms with Gasteiger partial charge in [0.15, 0.2) is 0 Å². The van der Waals surface area contributed by atoms with E-state index in [1.165, 1.54) is 0 Å². The van der Waals surface area contributed by atoms with Crippen molar-refractivity contribution in [3.8, 4) is 0 Å². The van der Waals surface area contributed by atoms with Gasteiger partial charge in [0, 0.05) is 25.6 Å². The highest BCUT2D eigenvalue weighted by molar-refractivity contribution is 5.79. The van der Waals surface area contributed by atoms with Crippen LogP contribution in [0, 0.1) is 5.92 Å². The Hall–Kier alpha value is -1.22. The highest BCUT2D eigenvalue weighted by Gasteiger charge is 2.32. The number of hydrogen-bond donors (Lipinski definition) is 3. The molecule has 3 atom stereocenters. The topological polar surface area (TPSA) is 100 Å². The first-order valence-corrected chi connectivity index (χ1v) is 10.3. The second kappa shape index (κ2) is 10.4. The van der Waals surface area contributed by atoms with E-state index in [1.54, 1.807) is 0 Å². The number of nitrogens with one attached hydrogen (secondary N) is 2. The van der Waals surface area contributed by atoms with E-state index in [1.807, 2.05) is 0 Å². The Morgan fingerprint density at radius 3 is 2.56 bits per heavy atom. The molecule has 3 N–H and O–H groups in total. The SMILES string of the molecule is O=C(CN1CCOCC1)N[C@@H]1CC[C@@H](CCNC(=O)C2CCC2)O[C@H]1CO. The number of carbonyl (C=O) groups excluding carboxylic acids is 2. The van der Waals surface area contributed by atoms with E-state index >= 15 is 0 Å². The van der Waals surface area contributed by atoms with E-state index in [4.69, 9.17) is 9.47 Å². The zero-order valence-electron chi connectivity index (χ0n) is 16.0. The molecular weight excluding hydrogens is 350 g/mol. The van der Waals surface area contributed by atoms with Gasteiger partial charge in [0.05, 0.1) is 38.5 Å². The number of morpholine rings is 1. The van der Waals surface area contributed by atoms with Gasteiger partial charge in [-0.2, -0.15) is 0 Å². The van der Waals surface area contributed by atoms with Gasteiger partial charge in [0.2, 0.25) is 11.8 Å². The highest BCUT2D eigenvalue weighted by atomic mass is 16.5. The second-order valence-corrected chi connectivity index (χ2v) is 7.83. The zero-order valence-corrected chi connectivity index (χ0v) is 16.0. The largest absolute Gasteiger partial charge is 0.394 e. The average molecular weight is 383 g/mol. The smallest absolute Gasteiger partial charge is 0.234 e. The number of aliphatic hydroxyl groups excluding tert-OH is 1. The summed E-state index contributed by atoms with van der Waals surface area (Å²) in [5.74, 6) is 0.327. The van der Waals surface area contributed by atoms with Gasteiger partial charge in [0.1, 0.15) is 6.10 Å². The molecule has 2 saturated heterocycles. The van der Waals surface area contributed by atoms with Gasteiger partial charge in [-0.1, -0.05) is 6.42 Å². The van der Waals surface area contributed by atoms with E-state index < -0.39 is 0 Å². The molecule has 1 saturated carbocycles. The highest BCUT2D eigenvalue weighted by Crippen LogP contribution is 2.26. The summed E-state index contributed by atoms with van der Waals surface area (Å²) in [4.78, 5) is 26.2. The van der Waals surface area contributed by atoms with Crippen LogP contribution in [0.3, 0.4) is 0 Å². The molecule has 1 aliphatic carbocycles. The van der Waals surface area contributed by atoms with E-state index in [0.717, 1.165) is 51.6 Å². The van der Waals surface area contributed by atoms with Crippen LogP contribution in [-0.2, 0) is 19.1 Å². The van der Waals surface area contributed by atoms with Crippen molar-refractivity contribution < 1.29 is 24.2 Å². The Morgan fingerprint density at radius 2 is 1.89 bits per heavy atom. The summed E-state index contributed by atoms with van der Waals surface area (Å²) in [6.07, 6.45) is 5.12. The molecule has 3 aliphatic rings. The van der Waals surface area contributed by atoms with Crippen LogP contribution < -0.4 is 10.6 Å². The third-order valence-electron chi connectivity index (χ3n) is 5.85. The maximum Gasteiger partial charge on any atom is 0.234 e. The normalized spacial score (nSPS) is 29.7. The molecule has 8 heteroatoms. The van der Waals surface area contributed by atoms with E-state index in [2.05, 4.69) is 15.5 Å². The maximum absolute atomic E-state index is 12.3. The molecule has 0 spiro atoms. The molecule has 0 radical (unpaired) electrons. The van der Waals surface area contributed by atoms with Crippen molar-refractivity contribution in [1.82, 2.24) is 15.5 Å². The minimum Gasteiger partial charge on any atom is -0.394 e. The summed E-state index contributed by atoms with van der Waals surface area (Å²) in [5, 5.41) is 15.7. The van der Waals surface area contributed by atoms with Crippen LogP contribution in [0.15, 0.2) is 0 Å². The molecule has 154 valence electrons. The number of aliphatic hydroxyl groups is 1. The summed E-state index contributed by atoms with van der Waals surface area (Å²) in [6, 6.07) is -0.163. The lowest BCUT2D eigenvalue weighted by Gasteiger charge is -2.37. The van der Waals surface area contributed by atoms with Gasteiger partial charge < -0.3 is 25.2 Å². The van der Waals surface area contributed by atoms with Gasteiger partial charge in [-0.25, -0.2) is 0 Å². The summed E-state index contributed by atoms with van der Waals surface area (Å²) >= 11 is 0. The van der Waals surface area contributed by atoms with Crippen molar-refractivity contribution in [3.05, 3.63) is 0 Å². The molecule has 8 nitrogen and oxygen atoms in total. The number of nitrogens with zero attached hydrogens (tertiary/aromatic N) is 1. The van der Waals surface area contributed by atoms with Crippen LogP contribution in [0.4, 0.5) is 0 Å². The van der Waals surface area contributed by atoms with Crippen molar-refractivity contribution in [2.75, 3.05) is 46.0 Å². The van der Waals surface area contributed by atoms with E-state index in [9.17, 15) is 14.7 Å². The van der Waals surface area contributed by atoms with Crippen LogP contribution in [0.1, 0.15) is 38.5 Å². The quantitative estimate of drug-likeness (QED) is 0.530. The van der Waals surface area contributed by atoms with Crippen molar-refractivity contribution in [2.45, 2.75) is 56.8 Å². The van der Waals surface area contributed by atoms with Crippen LogP contribution in [0.5, 0.6) is 0 Å². The lowest BCUT2D eigenvalue weighted by atomic mass is 9.85. The molecule has 0 bridgehead atoms. The third-order valence-corrected chi connectivity index (χ3v) is 5.85. The maximum atomic E-state index is 12.3. The average Bonchev–Trinajstić information content (AvgIpc) is 2.62. The summed E-state index contributed by atoms with van der Waals surface area (Å²) in [7, 11) is 0. The lowest BCUT2D eigenvalue weighted by Crippen LogP contribution is -2.53. The van der Waals surface area contributed by atoms with E-state index in [0.29, 0.717) is 26.3 Å². The first-order valence-electron chi connectivity index (χ1n) is 10.3. The Bertz CT molecular complexity index is 494. The summed E-state index contributed by atoms with van der Waals surface area (Å²) in [6.45, 7) is 3.71. The van der Waals surface area contributed by atoms with Crippen LogP contribution in [-0.4, -0.2) is 86.1 Å². The fourth-order valence-corrected chi connectivity index (χ4v) is 3.90. The Labute approximate surface area is 160 Å². The zero-order chi connectivity index (χ0) is 19.1. The molecule has 0 aromatic carbocycles.